The maximum absolute atomic E-state index is 12.6. The van der Waals surface area contributed by atoms with Gasteiger partial charge in [0.15, 0.2) is 0 Å². The zero-order valence-electron chi connectivity index (χ0n) is 13.1. The number of likely N-dealkylation sites (N-methyl/N-ethyl adjacent to an activating group) is 1. The quantitative estimate of drug-likeness (QED) is 0.499. The number of carbonyl (C=O) groups excluding carboxylic acids is 1. The van der Waals surface area contributed by atoms with Crippen molar-refractivity contribution in [2.24, 2.45) is 0 Å². The fourth-order valence-corrected chi connectivity index (χ4v) is 3.75. The molecule has 0 heterocycles. The molecule has 3 rings (SSSR count). The van der Waals surface area contributed by atoms with Crippen molar-refractivity contribution in [2.75, 3.05) is 6.54 Å². The maximum Gasteiger partial charge on any atom is 0.264 e. The summed E-state index contributed by atoms with van der Waals surface area (Å²) in [7, 11) is 0. The van der Waals surface area contributed by atoms with Crippen LogP contribution in [0.15, 0.2) is 41.3 Å². The van der Waals surface area contributed by atoms with Gasteiger partial charge in [0.05, 0.1) is 10.4 Å². The first-order chi connectivity index (χ1) is 11.2. The average Bonchev–Trinajstić information content (AvgIpc) is 2.59. The van der Waals surface area contributed by atoms with Crippen molar-refractivity contribution in [3.8, 4) is 0 Å². The minimum absolute atomic E-state index is 0.109. The van der Waals surface area contributed by atoms with E-state index < -0.39 is 0 Å². The van der Waals surface area contributed by atoms with Crippen molar-refractivity contribution in [3.05, 3.63) is 52.4 Å². The molecule has 1 aliphatic carbocycles. The summed E-state index contributed by atoms with van der Waals surface area (Å²) in [6, 6.07) is 12.8. The molecule has 0 unspecified atom stereocenters. The third kappa shape index (κ3) is 3.06. The normalized spacial score (nSPS) is 15.9. The molecule has 0 spiro atoms. The molecule has 0 aromatic heterocycles. The van der Waals surface area contributed by atoms with Crippen LogP contribution in [0.3, 0.4) is 0 Å². The molecule has 4 heteroatoms. The predicted molar refractivity (Wildman–Crippen MR) is 104 cm³/mol. The third-order valence-corrected chi connectivity index (χ3v) is 5.10. The number of amides is 1. The maximum atomic E-state index is 12.6. The number of allylic oxidation sites excluding steroid dienone is 1. The predicted octanol–water partition coefficient (Wildman–Crippen LogP) is 4.62. The van der Waals surface area contributed by atoms with Crippen LogP contribution in [0.5, 0.6) is 0 Å². The summed E-state index contributed by atoms with van der Waals surface area (Å²) in [5.74, 6) is -0.109. The van der Waals surface area contributed by atoms with Gasteiger partial charge in [0.1, 0.15) is 0 Å². The Bertz CT molecular complexity index is 810. The van der Waals surface area contributed by atoms with Crippen molar-refractivity contribution in [1.82, 2.24) is 4.90 Å². The molecular weight excluding hydrogens is 322 g/mol. The Hall–Kier alpha value is -1.65. The highest BCUT2D eigenvalue weighted by Crippen LogP contribution is 2.37. The van der Waals surface area contributed by atoms with Crippen LogP contribution in [0.2, 0.25) is 0 Å². The van der Waals surface area contributed by atoms with E-state index in [4.69, 9.17) is 12.2 Å². The number of hydrogen-bond donors (Lipinski definition) is 1. The van der Waals surface area contributed by atoms with Gasteiger partial charge in [-0.3, -0.25) is 4.79 Å². The van der Waals surface area contributed by atoms with E-state index in [0.717, 1.165) is 30.4 Å². The van der Waals surface area contributed by atoms with Crippen LogP contribution in [0.1, 0.15) is 30.9 Å². The fraction of sp³-hybridized carbons (Fsp3) is 0.263. The largest absolute Gasteiger partial charge is 0.305 e. The second-order valence-corrected chi connectivity index (χ2v) is 6.39. The van der Waals surface area contributed by atoms with E-state index in [0.29, 0.717) is 11.4 Å². The van der Waals surface area contributed by atoms with E-state index >= 15 is 0 Å². The van der Waals surface area contributed by atoms with E-state index in [-0.39, 0.29) is 5.91 Å². The molecule has 23 heavy (non-hydrogen) atoms. The van der Waals surface area contributed by atoms with Crippen molar-refractivity contribution in [1.29, 1.82) is 0 Å². The van der Waals surface area contributed by atoms with E-state index in [1.54, 1.807) is 0 Å². The van der Waals surface area contributed by atoms with Crippen molar-refractivity contribution in [3.63, 3.8) is 0 Å². The first-order valence-corrected chi connectivity index (χ1v) is 8.78. The lowest BCUT2D eigenvalue weighted by Crippen LogP contribution is -2.29. The monoisotopic (exact) mass is 341 g/mol. The van der Waals surface area contributed by atoms with Crippen molar-refractivity contribution >= 4 is 52.6 Å². The summed E-state index contributed by atoms with van der Waals surface area (Å²) >= 11 is 9.49. The number of rotatable bonds is 3. The van der Waals surface area contributed by atoms with E-state index in [1.807, 2.05) is 13.0 Å². The van der Waals surface area contributed by atoms with Gasteiger partial charge in [0, 0.05) is 6.54 Å². The molecule has 0 fully saturated rings. The summed E-state index contributed by atoms with van der Waals surface area (Å²) in [5, 5.41) is 2.44. The number of fused-ring (bicyclic) bond motifs is 2. The Morgan fingerprint density at radius 2 is 1.96 bits per heavy atom. The minimum Gasteiger partial charge on any atom is -0.305 e. The van der Waals surface area contributed by atoms with E-state index in [2.05, 4.69) is 43.0 Å². The Kier molecular flexibility index (Phi) is 4.83. The van der Waals surface area contributed by atoms with Crippen LogP contribution < -0.4 is 0 Å². The van der Waals surface area contributed by atoms with Crippen molar-refractivity contribution in [2.45, 2.75) is 26.2 Å². The molecule has 2 nitrogen and oxygen atoms in total. The van der Waals surface area contributed by atoms with Crippen LogP contribution in [-0.4, -0.2) is 22.8 Å². The summed E-state index contributed by atoms with van der Waals surface area (Å²) in [6.07, 6.45) is 2.97. The molecule has 2 aromatic rings. The molecular formula is C19H19NOS2. The van der Waals surface area contributed by atoms with Gasteiger partial charge in [-0.15, -0.1) is 12.6 Å². The zero-order chi connectivity index (χ0) is 16.4. The van der Waals surface area contributed by atoms with Crippen LogP contribution >= 0.6 is 24.8 Å². The van der Waals surface area contributed by atoms with Gasteiger partial charge >= 0.3 is 0 Å². The lowest BCUT2D eigenvalue weighted by molar-refractivity contribution is -0.122. The highest BCUT2D eigenvalue weighted by Gasteiger charge is 2.22. The SMILES string of the molecule is CCN(C=S)C(=O)/C(S)=C1/CCCc2cc3ccccc3cc21. The summed E-state index contributed by atoms with van der Waals surface area (Å²) in [6.45, 7) is 2.47. The van der Waals surface area contributed by atoms with Crippen LogP contribution in [0, 0.1) is 0 Å². The summed E-state index contributed by atoms with van der Waals surface area (Å²) < 4.78 is 0. The van der Waals surface area contributed by atoms with E-state index in [1.165, 1.54) is 26.7 Å². The highest BCUT2D eigenvalue weighted by molar-refractivity contribution is 7.86. The smallest absolute Gasteiger partial charge is 0.264 e. The van der Waals surface area contributed by atoms with Crippen molar-refractivity contribution < 1.29 is 4.79 Å². The Balaban J connectivity index is 2.13. The molecule has 0 radical (unpaired) electrons. The lowest BCUT2D eigenvalue weighted by atomic mass is 9.85. The molecule has 0 atom stereocenters. The third-order valence-electron chi connectivity index (χ3n) is 4.39. The zero-order valence-corrected chi connectivity index (χ0v) is 14.8. The number of hydrogen-bond acceptors (Lipinski definition) is 3. The lowest BCUT2D eigenvalue weighted by Gasteiger charge is -2.23. The number of nitrogens with zero attached hydrogens (tertiary/aromatic N) is 1. The molecule has 0 saturated heterocycles. The Labute approximate surface area is 147 Å². The second-order valence-electron chi connectivity index (χ2n) is 5.73. The van der Waals surface area contributed by atoms with Gasteiger partial charge in [0.2, 0.25) is 0 Å². The van der Waals surface area contributed by atoms with Gasteiger partial charge in [0.25, 0.3) is 5.91 Å². The fourth-order valence-electron chi connectivity index (χ4n) is 3.14. The number of thiol groups is 1. The van der Waals surface area contributed by atoms with Gasteiger partial charge in [-0.05, 0) is 59.7 Å². The van der Waals surface area contributed by atoms with Gasteiger partial charge in [-0.2, -0.15) is 0 Å². The molecule has 0 bridgehead atoms. The molecule has 2 aromatic carbocycles. The summed E-state index contributed by atoms with van der Waals surface area (Å²) in [4.78, 5) is 14.6. The van der Waals surface area contributed by atoms with Crippen LogP contribution in [0.25, 0.3) is 16.3 Å². The minimum atomic E-state index is -0.109. The first-order valence-electron chi connectivity index (χ1n) is 7.86. The molecule has 0 aliphatic heterocycles. The highest BCUT2D eigenvalue weighted by atomic mass is 32.1. The molecule has 1 aliphatic rings. The summed E-state index contributed by atoms with van der Waals surface area (Å²) in [5.41, 5.74) is 4.91. The van der Waals surface area contributed by atoms with Gasteiger partial charge in [-0.1, -0.05) is 42.5 Å². The number of thiocarbonyl (C=S) groups is 1. The van der Waals surface area contributed by atoms with Gasteiger partial charge < -0.3 is 4.90 Å². The molecule has 118 valence electrons. The Morgan fingerprint density at radius 3 is 2.61 bits per heavy atom. The first kappa shape index (κ1) is 16.2. The number of carbonyl (C=O) groups is 1. The van der Waals surface area contributed by atoms with Gasteiger partial charge in [-0.25, -0.2) is 0 Å². The molecule has 1 amide bonds. The number of benzene rings is 2. The van der Waals surface area contributed by atoms with Crippen LogP contribution in [-0.2, 0) is 11.2 Å². The molecule has 0 N–H and O–H groups in total. The Morgan fingerprint density at radius 1 is 1.26 bits per heavy atom. The molecule has 0 saturated carbocycles. The van der Waals surface area contributed by atoms with Crippen LogP contribution in [0.4, 0.5) is 0 Å². The standard InChI is InChI=1S/C19H19NOS2/c1-2-20(12-22)19(21)18(23)16-9-5-8-15-10-13-6-3-4-7-14(13)11-17(15)16/h3-4,6-7,10-12,23H,2,5,8-9H2,1H3/b18-16+. The number of aryl methyl sites for hydroxylation is 1. The second kappa shape index (κ2) is 6.85. The average molecular weight is 342 g/mol. The van der Waals surface area contributed by atoms with E-state index in [9.17, 15) is 4.79 Å². The topological polar surface area (TPSA) is 20.3 Å².